The lowest BCUT2D eigenvalue weighted by atomic mass is 10.0. The van der Waals surface area contributed by atoms with E-state index in [9.17, 15) is 4.79 Å². The molecular weight excluding hydrogens is 346 g/mol. The summed E-state index contributed by atoms with van der Waals surface area (Å²) in [7, 11) is 0. The Labute approximate surface area is 163 Å². The highest BCUT2D eigenvalue weighted by atomic mass is 16.1. The van der Waals surface area contributed by atoms with Crippen molar-refractivity contribution in [2.45, 2.75) is 6.54 Å². The molecule has 4 heteroatoms. The number of nitrogens with one attached hydrogen (secondary N) is 1. The van der Waals surface area contributed by atoms with Gasteiger partial charge in [-0.3, -0.25) is 14.8 Å². The topological polar surface area (TPSA) is 54.9 Å². The molecule has 1 amide bonds. The zero-order valence-electron chi connectivity index (χ0n) is 15.2. The van der Waals surface area contributed by atoms with Crippen LogP contribution < -0.4 is 5.32 Å². The van der Waals surface area contributed by atoms with E-state index in [0.29, 0.717) is 12.1 Å². The molecule has 28 heavy (non-hydrogen) atoms. The molecule has 4 rings (SSSR count). The molecule has 0 aliphatic rings. The minimum Gasteiger partial charge on any atom is -0.346 e. The lowest BCUT2D eigenvalue weighted by Gasteiger charge is -2.08. The standard InChI is InChI=1S/C24H19N3O/c28-24(27-17-23-8-4-5-13-26-23)22-14-21(15-25-16-22)20-11-9-19(10-12-20)18-6-2-1-3-7-18/h1-16H,17H2,(H,27,28). The quantitative estimate of drug-likeness (QED) is 0.556. The van der Waals surface area contributed by atoms with Crippen molar-refractivity contribution in [3.63, 3.8) is 0 Å². The third-order valence-corrected chi connectivity index (χ3v) is 4.48. The van der Waals surface area contributed by atoms with Gasteiger partial charge in [0, 0.05) is 24.2 Å². The molecule has 0 spiro atoms. The van der Waals surface area contributed by atoms with Crippen molar-refractivity contribution in [3.8, 4) is 22.3 Å². The van der Waals surface area contributed by atoms with Gasteiger partial charge in [-0.05, 0) is 34.9 Å². The van der Waals surface area contributed by atoms with Crippen LogP contribution in [0.2, 0.25) is 0 Å². The predicted molar refractivity (Wildman–Crippen MR) is 111 cm³/mol. The van der Waals surface area contributed by atoms with E-state index in [1.54, 1.807) is 18.6 Å². The number of pyridine rings is 2. The first kappa shape index (κ1) is 17.6. The molecule has 4 aromatic rings. The highest BCUT2D eigenvalue weighted by Gasteiger charge is 2.08. The van der Waals surface area contributed by atoms with Gasteiger partial charge >= 0.3 is 0 Å². The average molecular weight is 365 g/mol. The normalized spacial score (nSPS) is 10.4. The molecule has 0 radical (unpaired) electrons. The van der Waals surface area contributed by atoms with E-state index in [1.165, 1.54) is 5.56 Å². The second-order valence-electron chi connectivity index (χ2n) is 6.41. The third kappa shape index (κ3) is 4.13. The zero-order chi connectivity index (χ0) is 19.2. The van der Waals surface area contributed by atoms with Crippen LogP contribution in [0.4, 0.5) is 0 Å². The molecule has 136 valence electrons. The van der Waals surface area contributed by atoms with Crippen LogP contribution in [0.5, 0.6) is 0 Å². The van der Waals surface area contributed by atoms with Gasteiger partial charge in [-0.2, -0.15) is 0 Å². The molecule has 0 aliphatic heterocycles. The second-order valence-corrected chi connectivity index (χ2v) is 6.41. The summed E-state index contributed by atoms with van der Waals surface area (Å²) >= 11 is 0. The van der Waals surface area contributed by atoms with Crippen molar-refractivity contribution in [1.29, 1.82) is 0 Å². The maximum Gasteiger partial charge on any atom is 0.253 e. The monoisotopic (exact) mass is 365 g/mol. The number of benzene rings is 2. The summed E-state index contributed by atoms with van der Waals surface area (Å²) in [6.07, 6.45) is 5.06. The Kier molecular flexibility index (Phi) is 5.20. The van der Waals surface area contributed by atoms with Gasteiger partial charge in [-0.1, -0.05) is 60.7 Å². The van der Waals surface area contributed by atoms with Crippen LogP contribution in [-0.2, 0) is 6.54 Å². The highest BCUT2D eigenvalue weighted by molar-refractivity contribution is 5.95. The molecule has 4 nitrogen and oxygen atoms in total. The van der Waals surface area contributed by atoms with E-state index in [0.717, 1.165) is 22.4 Å². The molecule has 2 aromatic carbocycles. The first-order chi connectivity index (χ1) is 13.8. The summed E-state index contributed by atoms with van der Waals surface area (Å²) in [5.74, 6) is -0.166. The minimum absolute atomic E-state index is 0.166. The molecule has 0 atom stereocenters. The van der Waals surface area contributed by atoms with Gasteiger partial charge in [0.15, 0.2) is 0 Å². The Hall–Kier alpha value is -3.79. The van der Waals surface area contributed by atoms with E-state index in [1.807, 2.05) is 42.5 Å². The Balaban J connectivity index is 1.49. The minimum atomic E-state index is -0.166. The number of aromatic nitrogens is 2. The van der Waals surface area contributed by atoms with Crippen LogP contribution in [0.1, 0.15) is 16.1 Å². The highest BCUT2D eigenvalue weighted by Crippen LogP contribution is 2.24. The first-order valence-corrected chi connectivity index (χ1v) is 9.08. The summed E-state index contributed by atoms with van der Waals surface area (Å²) in [4.78, 5) is 20.9. The van der Waals surface area contributed by atoms with Crippen molar-refractivity contribution >= 4 is 5.91 Å². The molecule has 0 aliphatic carbocycles. The lowest BCUT2D eigenvalue weighted by molar-refractivity contribution is 0.0950. The molecule has 0 bridgehead atoms. The first-order valence-electron chi connectivity index (χ1n) is 9.08. The Bertz CT molecular complexity index is 1060. The number of carbonyl (C=O) groups excluding carboxylic acids is 1. The summed E-state index contributed by atoms with van der Waals surface area (Å²) < 4.78 is 0. The molecule has 0 unspecified atom stereocenters. The number of hydrogen-bond acceptors (Lipinski definition) is 3. The summed E-state index contributed by atoms with van der Waals surface area (Å²) in [6, 6.07) is 26.0. The summed E-state index contributed by atoms with van der Waals surface area (Å²) in [5.41, 5.74) is 5.60. The maximum atomic E-state index is 12.5. The van der Waals surface area contributed by atoms with Crippen molar-refractivity contribution in [2.75, 3.05) is 0 Å². The Morgan fingerprint density at radius 3 is 2.14 bits per heavy atom. The smallest absolute Gasteiger partial charge is 0.253 e. The Morgan fingerprint density at radius 2 is 1.43 bits per heavy atom. The number of rotatable bonds is 5. The van der Waals surface area contributed by atoms with E-state index in [-0.39, 0.29) is 5.91 Å². The number of amides is 1. The van der Waals surface area contributed by atoms with Gasteiger partial charge in [-0.25, -0.2) is 0 Å². The van der Waals surface area contributed by atoms with Crippen molar-refractivity contribution in [2.24, 2.45) is 0 Å². The second kappa shape index (κ2) is 8.27. The predicted octanol–water partition coefficient (Wildman–Crippen LogP) is 4.74. The van der Waals surface area contributed by atoms with Gasteiger partial charge in [0.05, 0.1) is 17.8 Å². The molecular formula is C24H19N3O. The number of nitrogens with zero attached hydrogens (tertiary/aromatic N) is 2. The van der Waals surface area contributed by atoms with Gasteiger partial charge in [0.25, 0.3) is 5.91 Å². The fourth-order valence-electron chi connectivity index (χ4n) is 2.98. The average Bonchev–Trinajstić information content (AvgIpc) is 2.79. The summed E-state index contributed by atoms with van der Waals surface area (Å²) in [5, 5.41) is 2.88. The van der Waals surface area contributed by atoms with Crippen LogP contribution >= 0.6 is 0 Å². The molecule has 1 N–H and O–H groups in total. The van der Waals surface area contributed by atoms with Gasteiger partial charge in [0.2, 0.25) is 0 Å². The largest absolute Gasteiger partial charge is 0.346 e. The molecule has 2 aromatic heterocycles. The van der Waals surface area contributed by atoms with E-state index in [4.69, 9.17) is 0 Å². The van der Waals surface area contributed by atoms with Crippen LogP contribution in [0.25, 0.3) is 22.3 Å². The lowest BCUT2D eigenvalue weighted by Crippen LogP contribution is -2.23. The molecule has 0 fully saturated rings. The van der Waals surface area contributed by atoms with Crippen molar-refractivity contribution < 1.29 is 4.79 Å². The van der Waals surface area contributed by atoms with Crippen molar-refractivity contribution in [1.82, 2.24) is 15.3 Å². The van der Waals surface area contributed by atoms with Crippen LogP contribution in [0.3, 0.4) is 0 Å². The van der Waals surface area contributed by atoms with Crippen LogP contribution in [-0.4, -0.2) is 15.9 Å². The summed E-state index contributed by atoms with van der Waals surface area (Å²) in [6.45, 7) is 0.385. The fourth-order valence-corrected chi connectivity index (χ4v) is 2.98. The van der Waals surface area contributed by atoms with E-state index >= 15 is 0 Å². The van der Waals surface area contributed by atoms with E-state index < -0.39 is 0 Å². The maximum absolute atomic E-state index is 12.5. The third-order valence-electron chi connectivity index (χ3n) is 4.48. The SMILES string of the molecule is O=C(NCc1ccccn1)c1cncc(-c2ccc(-c3ccccc3)cc2)c1. The van der Waals surface area contributed by atoms with Crippen LogP contribution in [0.15, 0.2) is 97.5 Å². The fraction of sp³-hybridized carbons (Fsp3) is 0.0417. The van der Waals surface area contributed by atoms with Gasteiger partial charge in [-0.15, -0.1) is 0 Å². The number of hydrogen-bond donors (Lipinski definition) is 1. The molecule has 2 heterocycles. The van der Waals surface area contributed by atoms with Gasteiger partial charge in [0.1, 0.15) is 0 Å². The van der Waals surface area contributed by atoms with Gasteiger partial charge < -0.3 is 5.32 Å². The zero-order valence-corrected chi connectivity index (χ0v) is 15.2. The molecule has 0 saturated carbocycles. The Morgan fingerprint density at radius 1 is 0.750 bits per heavy atom. The number of carbonyl (C=O) groups is 1. The van der Waals surface area contributed by atoms with Crippen LogP contribution in [0, 0.1) is 0 Å². The van der Waals surface area contributed by atoms with Crippen molar-refractivity contribution in [3.05, 3.63) is 109 Å². The van der Waals surface area contributed by atoms with E-state index in [2.05, 4.69) is 51.7 Å². The molecule has 0 saturated heterocycles.